The van der Waals surface area contributed by atoms with Crippen LogP contribution in [0.5, 0.6) is 17.2 Å². The van der Waals surface area contributed by atoms with E-state index >= 15 is 0 Å². The molecule has 0 spiro atoms. The molecule has 7 nitrogen and oxygen atoms in total. The number of ether oxygens (including phenoxy) is 4. The Bertz CT molecular complexity index is 987. The smallest absolute Gasteiger partial charge is 0.363 e. The molecule has 0 radical (unpaired) electrons. The molecule has 1 aliphatic rings. The highest BCUT2D eigenvalue weighted by atomic mass is 35.5. The lowest BCUT2D eigenvalue weighted by Gasteiger charge is -2.13. The van der Waals surface area contributed by atoms with Crippen LogP contribution in [0.25, 0.3) is 6.08 Å². The van der Waals surface area contributed by atoms with Gasteiger partial charge in [-0.15, -0.1) is 0 Å². The maximum absolute atomic E-state index is 12.2. The van der Waals surface area contributed by atoms with Gasteiger partial charge in [-0.25, -0.2) is 9.79 Å². The second-order valence-corrected chi connectivity index (χ2v) is 6.13. The summed E-state index contributed by atoms with van der Waals surface area (Å²) < 4.78 is 20.9. The van der Waals surface area contributed by atoms with Gasteiger partial charge in [0.05, 0.1) is 14.2 Å². The topological polar surface area (TPSA) is 83.4 Å². The molecule has 0 saturated heterocycles. The molecule has 28 heavy (non-hydrogen) atoms. The summed E-state index contributed by atoms with van der Waals surface area (Å²) in [6.45, 7) is 1.27. The first kappa shape index (κ1) is 19.4. The van der Waals surface area contributed by atoms with E-state index in [1.165, 1.54) is 27.2 Å². The quantitative estimate of drug-likeness (QED) is 0.432. The minimum absolute atomic E-state index is 0.0966. The maximum atomic E-state index is 12.2. The predicted octanol–water partition coefficient (Wildman–Crippen LogP) is 3.63. The molecular weight excluding hydrogens is 386 g/mol. The number of hydrogen-bond donors (Lipinski definition) is 0. The SMILES string of the molecule is COc1cc(/C=C2\N=C(c3cccc(Cl)c3)OC2=O)cc(OC)c1OC(C)=O. The zero-order valence-corrected chi connectivity index (χ0v) is 16.1. The average molecular weight is 402 g/mol. The molecule has 2 aromatic rings. The van der Waals surface area contributed by atoms with E-state index in [1.807, 2.05) is 0 Å². The molecular formula is C20H16ClNO6. The fourth-order valence-electron chi connectivity index (χ4n) is 2.54. The van der Waals surface area contributed by atoms with Crippen LogP contribution in [0.15, 0.2) is 47.1 Å². The molecule has 0 atom stereocenters. The van der Waals surface area contributed by atoms with Crippen molar-refractivity contribution in [1.29, 1.82) is 0 Å². The number of cyclic esters (lactones) is 1. The van der Waals surface area contributed by atoms with Crippen LogP contribution in [-0.4, -0.2) is 32.1 Å². The summed E-state index contributed by atoms with van der Waals surface area (Å²) >= 11 is 5.97. The fourth-order valence-corrected chi connectivity index (χ4v) is 2.73. The molecule has 0 unspecified atom stereocenters. The van der Waals surface area contributed by atoms with Crippen molar-refractivity contribution in [2.75, 3.05) is 14.2 Å². The van der Waals surface area contributed by atoms with E-state index in [0.29, 0.717) is 16.1 Å². The molecule has 144 valence electrons. The molecule has 2 aromatic carbocycles. The second-order valence-electron chi connectivity index (χ2n) is 5.69. The zero-order chi connectivity index (χ0) is 20.3. The van der Waals surface area contributed by atoms with Gasteiger partial charge in [0, 0.05) is 17.5 Å². The summed E-state index contributed by atoms with van der Waals surface area (Å²) in [6.07, 6.45) is 1.52. The lowest BCUT2D eigenvalue weighted by molar-refractivity contribution is -0.132. The Morgan fingerprint density at radius 1 is 1.14 bits per heavy atom. The van der Waals surface area contributed by atoms with Gasteiger partial charge in [0.15, 0.2) is 17.2 Å². The Morgan fingerprint density at radius 3 is 2.39 bits per heavy atom. The Balaban J connectivity index is 2.00. The molecule has 8 heteroatoms. The first-order valence-corrected chi connectivity index (χ1v) is 8.52. The van der Waals surface area contributed by atoms with Gasteiger partial charge in [-0.05, 0) is 42.0 Å². The Kier molecular flexibility index (Phi) is 5.65. The largest absolute Gasteiger partial charge is 0.493 e. The van der Waals surface area contributed by atoms with Crippen molar-refractivity contribution < 1.29 is 28.5 Å². The third-order valence-electron chi connectivity index (χ3n) is 3.72. The number of rotatable bonds is 5. The first-order valence-electron chi connectivity index (χ1n) is 8.14. The zero-order valence-electron chi connectivity index (χ0n) is 15.3. The van der Waals surface area contributed by atoms with Gasteiger partial charge in [0.2, 0.25) is 11.6 Å². The highest BCUT2D eigenvalue weighted by Crippen LogP contribution is 2.39. The van der Waals surface area contributed by atoms with Crippen molar-refractivity contribution in [2.45, 2.75) is 6.92 Å². The fraction of sp³-hybridized carbons (Fsp3) is 0.150. The van der Waals surface area contributed by atoms with E-state index in [9.17, 15) is 9.59 Å². The van der Waals surface area contributed by atoms with Crippen LogP contribution in [-0.2, 0) is 14.3 Å². The van der Waals surface area contributed by atoms with E-state index in [0.717, 1.165) is 0 Å². The number of nitrogens with zero attached hydrogens (tertiary/aromatic N) is 1. The summed E-state index contributed by atoms with van der Waals surface area (Å²) in [5.41, 5.74) is 1.23. The molecule has 0 N–H and O–H groups in total. The van der Waals surface area contributed by atoms with Crippen molar-refractivity contribution in [3.05, 3.63) is 58.2 Å². The van der Waals surface area contributed by atoms with Crippen molar-refractivity contribution in [3.63, 3.8) is 0 Å². The van der Waals surface area contributed by atoms with Crippen LogP contribution in [0.1, 0.15) is 18.1 Å². The predicted molar refractivity (Wildman–Crippen MR) is 103 cm³/mol. The van der Waals surface area contributed by atoms with Crippen LogP contribution in [0.4, 0.5) is 0 Å². The van der Waals surface area contributed by atoms with Crippen molar-refractivity contribution in [2.24, 2.45) is 4.99 Å². The summed E-state index contributed by atoms with van der Waals surface area (Å²) in [4.78, 5) is 27.8. The van der Waals surface area contributed by atoms with Crippen molar-refractivity contribution >= 4 is 35.5 Å². The number of methoxy groups -OCH3 is 2. The number of aliphatic imine (C=N–C) groups is 1. The number of carbonyl (C=O) groups is 2. The maximum Gasteiger partial charge on any atom is 0.363 e. The summed E-state index contributed by atoms with van der Waals surface area (Å²) in [5, 5.41) is 0.504. The molecule has 0 fully saturated rings. The molecule has 0 bridgehead atoms. The number of hydrogen-bond acceptors (Lipinski definition) is 7. The third-order valence-corrected chi connectivity index (χ3v) is 3.96. The van der Waals surface area contributed by atoms with E-state index < -0.39 is 11.9 Å². The molecule has 0 aromatic heterocycles. The van der Waals surface area contributed by atoms with Gasteiger partial charge in [-0.1, -0.05) is 17.7 Å². The van der Waals surface area contributed by atoms with Crippen molar-refractivity contribution in [1.82, 2.24) is 0 Å². The molecule has 0 amide bonds. The van der Waals surface area contributed by atoms with Crippen LogP contribution in [0.2, 0.25) is 5.02 Å². The summed E-state index contributed by atoms with van der Waals surface area (Å²) in [7, 11) is 2.86. The summed E-state index contributed by atoms with van der Waals surface area (Å²) in [5.74, 6) is -0.264. The van der Waals surface area contributed by atoms with Crippen LogP contribution >= 0.6 is 11.6 Å². The first-order chi connectivity index (χ1) is 13.4. The minimum atomic E-state index is -0.600. The normalized spacial score (nSPS) is 14.5. The van der Waals surface area contributed by atoms with Gasteiger partial charge in [0.1, 0.15) is 0 Å². The number of halogens is 1. The highest BCUT2D eigenvalue weighted by molar-refractivity contribution is 6.31. The number of carbonyl (C=O) groups excluding carboxylic acids is 2. The standard InChI is InChI=1S/C20H16ClNO6/c1-11(23)27-18-16(25-2)8-12(9-17(18)26-3)7-15-20(24)28-19(22-15)13-5-4-6-14(21)10-13/h4-10H,1-3H3/b15-7-. The molecule has 0 aliphatic carbocycles. The van der Waals surface area contributed by atoms with Gasteiger partial charge in [-0.3, -0.25) is 4.79 Å². The monoisotopic (exact) mass is 401 g/mol. The molecule has 0 saturated carbocycles. The van der Waals surface area contributed by atoms with Gasteiger partial charge >= 0.3 is 11.9 Å². The van der Waals surface area contributed by atoms with E-state index in [4.69, 9.17) is 30.5 Å². The second kappa shape index (κ2) is 8.14. The van der Waals surface area contributed by atoms with Gasteiger partial charge in [-0.2, -0.15) is 0 Å². The Labute approximate surface area is 166 Å². The van der Waals surface area contributed by atoms with Crippen LogP contribution < -0.4 is 14.2 Å². The Morgan fingerprint density at radius 2 is 1.82 bits per heavy atom. The Hall–Kier alpha value is -3.32. The molecule has 1 heterocycles. The van der Waals surface area contributed by atoms with E-state index in [1.54, 1.807) is 36.4 Å². The average Bonchev–Trinajstić information content (AvgIpc) is 3.02. The van der Waals surface area contributed by atoms with Crippen LogP contribution in [0.3, 0.4) is 0 Å². The number of benzene rings is 2. The lowest BCUT2D eigenvalue weighted by atomic mass is 10.1. The summed E-state index contributed by atoms with van der Waals surface area (Å²) in [6, 6.07) is 10.0. The lowest BCUT2D eigenvalue weighted by Crippen LogP contribution is -2.05. The van der Waals surface area contributed by atoms with Gasteiger partial charge in [0.25, 0.3) is 0 Å². The number of esters is 2. The van der Waals surface area contributed by atoms with E-state index in [-0.39, 0.29) is 28.8 Å². The molecule has 1 aliphatic heterocycles. The van der Waals surface area contributed by atoms with Gasteiger partial charge < -0.3 is 18.9 Å². The van der Waals surface area contributed by atoms with E-state index in [2.05, 4.69) is 4.99 Å². The molecule has 3 rings (SSSR count). The minimum Gasteiger partial charge on any atom is -0.493 e. The van der Waals surface area contributed by atoms with Crippen LogP contribution in [0, 0.1) is 0 Å². The highest BCUT2D eigenvalue weighted by Gasteiger charge is 2.25. The third kappa shape index (κ3) is 4.15. The van der Waals surface area contributed by atoms with Crippen molar-refractivity contribution in [3.8, 4) is 17.2 Å².